The fraction of sp³-hybridized carbons (Fsp3) is 0.300. The molecule has 0 heterocycles. The normalized spacial score (nSPS) is 11.0. The van der Waals surface area contributed by atoms with Gasteiger partial charge in [-0.15, -0.1) is 0 Å². The maximum atomic E-state index is 12.7. The van der Waals surface area contributed by atoms with E-state index in [0.29, 0.717) is 12.1 Å². The zero-order valence-corrected chi connectivity index (χ0v) is 9.78. The minimum Gasteiger partial charge on any atom is -0.496 e. The summed E-state index contributed by atoms with van der Waals surface area (Å²) in [5.74, 6) is -1.49. The maximum Gasteiger partial charge on any atom is 0.423 e. The van der Waals surface area contributed by atoms with Gasteiger partial charge in [-0.3, -0.25) is 10.1 Å². The molecule has 0 aliphatic heterocycles. The molecule has 104 valence electrons. The molecular weight excluding hydrogens is 271 g/mol. The molecule has 1 aromatic rings. The molecule has 0 saturated heterocycles. The minimum absolute atomic E-state index is 0.393. The van der Waals surface area contributed by atoms with E-state index < -0.39 is 39.6 Å². The van der Waals surface area contributed by atoms with Crippen molar-refractivity contribution in [2.24, 2.45) is 0 Å². The molecule has 0 aromatic heterocycles. The van der Waals surface area contributed by atoms with Gasteiger partial charge in [0.25, 0.3) is 5.69 Å². The van der Waals surface area contributed by atoms with E-state index in [9.17, 15) is 28.1 Å². The first-order chi connectivity index (χ1) is 8.72. The molecule has 0 fully saturated rings. The third kappa shape index (κ3) is 2.92. The first-order valence-corrected chi connectivity index (χ1v) is 4.74. The number of rotatable bonds is 3. The van der Waals surface area contributed by atoms with Crippen LogP contribution in [0, 0.1) is 10.1 Å². The fourth-order valence-electron chi connectivity index (χ4n) is 1.38. The van der Waals surface area contributed by atoms with Crippen LogP contribution in [0.1, 0.15) is 15.9 Å². The van der Waals surface area contributed by atoms with Gasteiger partial charge >= 0.3 is 12.1 Å². The van der Waals surface area contributed by atoms with Crippen molar-refractivity contribution in [1.82, 2.24) is 0 Å². The molecule has 0 aliphatic carbocycles. The number of carbonyl (C=O) groups is 1. The Morgan fingerprint density at radius 2 is 1.89 bits per heavy atom. The molecule has 0 radical (unpaired) electrons. The Hall–Kier alpha value is -2.32. The SMILES string of the molecule is COC(=O)c1cc([N+](=O)[O-])c(C(F)(F)F)cc1OC. The number of esters is 1. The van der Waals surface area contributed by atoms with Gasteiger partial charge in [-0.05, 0) is 0 Å². The van der Waals surface area contributed by atoms with Crippen molar-refractivity contribution < 1.29 is 32.4 Å². The van der Waals surface area contributed by atoms with Gasteiger partial charge in [0.05, 0.1) is 19.1 Å². The highest BCUT2D eigenvalue weighted by Crippen LogP contribution is 2.39. The predicted octanol–water partition coefficient (Wildman–Crippen LogP) is 2.41. The van der Waals surface area contributed by atoms with Gasteiger partial charge < -0.3 is 9.47 Å². The molecule has 0 unspecified atom stereocenters. The summed E-state index contributed by atoms with van der Waals surface area (Å²) in [4.78, 5) is 20.7. The van der Waals surface area contributed by atoms with E-state index in [0.717, 1.165) is 14.2 Å². The summed E-state index contributed by atoms with van der Waals surface area (Å²) in [5.41, 5.74) is -3.19. The molecule has 0 atom stereocenters. The minimum atomic E-state index is -4.94. The van der Waals surface area contributed by atoms with Crippen molar-refractivity contribution >= 4 is 11.7 Å². The van der Waals surface area contributed by atoms with Gasteiger partial charge in [0.15, 0.2) is 0 Å². The Morgan fingerprint density at radius 3 is 2.26 bits per heavy atom. The zero-order chi connectivity index (χ0) is 14.8. The number of nitro groups is 1. The number of alkyl halides is 3. The van der Waals surface area contributed by atoms with Crippen LogP contribution in [0.2, 0.25) is 0 Å². The van der Waals surface area contributed by atoms with Crippen LogP contribution in [0.5, 0.6) is 5.75 Å². The summed E-state index contributed by atoms with van der Waals surface area (Å²) in [5, 5.41) is 10.6. The zero-order valence-electron chi connectivity index (χ0n) is 9.78. The second-order valence-electron chi connectivity index (χ2n) is 3.32. The van der Waals surface area contributed by atoms with E-state index >= 15 is 0 Å². The first-order valence-electron chi connectivity index (χ1n) is 4.74. The third-order valence-corrected chi connectivity index (χ3v) is 2.23. The number of hydrogen-bond donors (Lipinski definition) is 0. The average Bonchev–Trinajstić information content (AvgIpc) is 2.34. The molecule has 1 aromatic carbocycles. The number of nitrogens with zero attached hydrogens (tertiary/aromatic N) is 1. The van der Waals surface area contributed by atoms with Crippen molar-refractivity contribution in [3.05, 3.63) is 33.4 Å². The largest absolute Gasteiger partial charge is 0.496 e. The van der Waals surface area contributed by atoms with Crippen LogP contribution in [0.4, 0.5) is 18.9 Å². The Bertz CT molecular complexity index is 527. The number of benzene rings is 1. The second-order valence-corrected chi connectivity index (χ2v) is 3.32. The molecule has 1 rings (SSSR count). The number of halogens is 3. The van der Waals surface area contributed by atoms with Gasteiger partial charge in [0.2, 0.25) is 0 Å². The van der Waals surface area contributed by atoms with Crippen molar-refractivity contribution in [3.63, 3.8) is 0 Å². The smallest absolute Gasteiger partial charge is 0.423 e. The lowest BCUT2D eigenvalue weighted by molar-refractivity contribution is -0.388. The Balaban J connectivity index is 3.60. The van der Waals surface area contributed by atoms with Crippen molar-refractivity contribution in [2.45, 2.75) is 6.18 Å². The summed E-state index contributed by atoms with van der Waals surface area (Å²) in [6.07, 6.45) is -4.94. The Kier molecular flexibility index (Phi) is 3.98. The Labute approximate surface area is 104 Å². The van der Waals surface area contributed by atoms with E-state index in [-0.39, 0.29) is 0 Å². The van der Waals surface area contributed by atoms with E-state index in [2.05, 4.69) is 9.47 Å². The number of carbonyl (C=O) groups excluding carboxylic acids is 1. The molecule has 0 amide bonds. The van der Waals surface area contributed by atoms with Crippen LogP contribution in [0.15, 0.2) is 12.1 Å². The molecule has 9 heteroatoms. The molecule has 0 saturated carbocycles. The van der Waals surface area contributed by atoms with E-state index in [1.807, 2.05) is 0 Å². The molecule has 0 spiro atoms. The van der Waals surface area contributed by atoms with Crippen LogP contribution in [-0.2, 0) is 10.9 Å². The molecule has 0 bridgehead atoms. The summed E-state index contributed by atoms with van der Waals surface area (Å²) in [7, 11) is 2.03. The van der Waals surface area contributed by atoms with Gasteiger partial charge in [-0.2, -0.15) is 13.2 Å². The lowest BCUT2D eigenvalue weighted by Crippen LogP contribution is -2.12. The van der Waals surface area contributed by atoms with Crippen molar-refractivity contribution in [3.8, 4) is 5.75 Å². The number of nitro benzene ring substituents is 1. The number of ether oxygens (including phenoxy) is 2. The highest BCUT2D eigenvalue weighted by Gasteiger charge is 2.40. The van der Waals surface area contributed by atoms with E-state index in [4.69, 9.17) is 0 Å². The lowest BCUT2D eigenvalue weighted by atomic mass is 10.1. The standard InChI is InChI=1S/C10H8F3NO5/c1-18-8-4-6(10(11,12)13)7(14(16)17)3-5(8)9(15)19-2/h3-4H,1-2H3. The summed E-state index contributed by atoms with van der Waals surface area (Å²) in [6.45, 7) is 0. The number of methoxy groups -OCH3 is 2. The molecule has 0 aliphatic rings. The molecule has 19 heavy (non-hydrogen) atoms. The first kappa shape index (κ1) is 14.7. The van der Waals surface area contributed by atoms with Crippen LogP contribution < -0.4 is 4.74 Å². The topological polar surface area (TPSA) is 78.7 Å². The highest BCUT2D eigenvalue weighted by atomic mass is 19.4. The van der Waals surface area contributed by atoms with Crippen molar-refractivity contribution in [1.29, 1.82) is 0 Å². The number of hydrogen-bond acceptors (Lipinski definition) is 5. The van der Waals surface area contributed by atoms with E-state index in [1.54, 1.807) is 0 Å². The third-order valence-electron chi connectivity index (χ3n) is 2.23. The Morgan fingerprint density at radius 1 is 1.32 bits per heavy atom. The average molecular weight is 279 g/mol. The fourth-order valence-corrected chi connectivity index (χ4v) is 1.38. The van der Waals surface area contributed by atoms with Crippen LogP contribution in [0.3, 0.4) is 0 Å². The lowest BCUT2D eigenvalue weighted by Gasteiger charge is -2.12. The van der Waals surface area contributed by atoms with Gasteiger partial charge in [0, 0.05) is 12.1 Å². The monoisotopic (exact) mass is 279 g/mol. The summed E-state index contributed by atoms with van der Waals surface area (Å²) in [6, 6.07) is 0.873. The van der Waals surface area contributed by atoms with E-state index in [1.165, 1.54) is 0 Å². The van der Waals surface area contributed by atoms with Crippen LogP contribution >= 0.6 is 0 Å². The van der Waals surface area contributed by atoms with Gasteiger partial charge in [-0.1, -0.05) is 0 Å². The maximum absolute atomic E-state index is 12.7. The predicted molar refractivity (Wildman–Crippen MR) is 56.0 cm³/mol. The molecule has 0 N–H and O–H groups in total. The highest BCUT2D eigenvalue weighted by molar-refractivity contribution is 5.93. The van der Waals surface area contributed by atoms with Crippen LogP contribution in [-0.4, -0.2) is 25.1 Å². The quantitative estimate of drug-likeness (QED) is 0.482. The molecule has 6 nitrogen and oxygen atoms in total. The van der Waals surface area contributed by atoms with Gasteiger partial charge in [0.1, 0.15) is 16.9 Å². The van der Waals surface area contributed by atoms with Gasteiger partial charge in [-0.25, -0.2) is 4.79 Å². The summed E-state index contributed by atoms with van der Waals surface area (Å²) >= 11 is 0. The van der Waals surface area contributed by atoms with Crippen molar-refractivity contribution in [2.75, 3.05) is 14.2 Å². The molecular formula is C10H8F3NO5. The summed E-state index contributed by atoms with van der Waals surface area (Å²) < 4.78 is 46.9. The van der Waals surface area contributed by atoms with Crippen LogP contribution in [0.25, 0.3) is 0 Å². The second kappa shape index (κ2) is 5.12.